The number of carbonyl (C=O) groups is 2. The number of aliphatic carboxylic acids is 1. The summed E-state index contributed by atoms with van der Waals surface area (Å²) in [5, 5.41) is 11.3. The number of amides is 1. The minimum atomic E-state index is -0.793. The van der Waals surface area contributed by atoms with Gasteiger partial charge in [-0.3, -0.25) is 9.59 Å². The fourth-order valence-corrected chi connectivity index (χ4v) is 1.75. The molecule has 0 saturated heterocycles. The van der Waals surface area contributed by atoms with Gasteiger partial charge in [-0.15, -0.1) is 0 Å². The topological polar surface area (TPSA) is 71.3 Å². The highest BCUT2D eigenvalue weighted by atomic mass is 16.4. The number of nitrogens with zero attached hydrogens (tertiary/aromatic N) is 1. The van der Waals surface area contributed by atoms with Crippen molar-refractivity contribution in [1.29, 1.82) is 0 Å². The van der Waals surface area contributed by atoms with Crippen molar-refractivity contribution in [3.8, 4) is 0 Å². The predicted octanol–water partition coefficient (Wildman–Crippen LogP) is 1.88. The van der Waals surface area contributed by atoms with Crippen LogP contribution in [0.1, 0.15) is 43.1 Å². The maximum atomic E-state index is 11.9. The highest BCUT2D eigenvalue weighted by molar-refractivity contribution is 5.92. The molecule has 1 aromatic heterocycles. The minimum Gasteiger partial charge on any atom is -0.481 e. The van der Waals surface area contributed by atoms with Crippen molar-refractivity contribution in [1.82, 2.24) is 9.88 Å². The van der Waals surface area contributed by atoms with Crippen LogP contribution in [0.5, 0.6) is 0 Å². The average molecular weight is 252 g/mol. The molecule has 0 aromatic carbocycles. The van der Waals surface area contributed by atoms with Gasteiger partial charge in [0, 0.05) is 25.7 Å². The lowest BCUT2D eigenvalue weighted by Gasteiger charge is -2.08. The summed E-state index contributed by atoms with van der Waals surface area (Å²) in [7, 11) is 0. The third-order valence-corrected chi connectivity index (χ3v) is 2.63. The monoisotopic (exact) mass is 252 g/mol. The molecule has 5 heteroatoms. The van der Waals surface area contributed by atoms with Gasteiger partial charge < -0.3 is 15.0 Å². The number of hydrogen-bond acceptors (Lipinski definition) is 2. The van der Waals surface area contributed by atoms with Gasteiger partial charge in [0.2, 0.25) is 0 Å². The Morgan fingerprint density at radius 2 is 2.17 bits per heavy atom. The zero-order chi connectivity index (χ0) is 13.4. The van der Waals surface area contributed by atoms with Crippen LogP contribution < -0.4 is 5.32 Å². The smallest absolute Gasteiger partial charge is 0.303 e. The summed E-state index contributed by atoms with van der Waals surface area (Å²) >= 11 is 0. The summed E-state index contributed by atoms with van der Waals surface area (Å²) in [4.78, 5) is 22.2. The Labute approximate surface area is 107 Å². The summed E-state index contributed by atoms with van der Waals surface area (Å²) in [5.41, 5.74) is 0.662. The van der Waals surface area contributed by atoms with Crippen molar-refractivity contribution in [3.63, 3.8) is 0 Å². The fourth-order valence-electron chi connectivity index (χ4n) is 1.75. The number of carboxylic acids is 1. The molecule has 1 amide bonds. The molecular weight excluding hydrogens is 232 g/mol. The Morgan fingerprint density at radius 1 is 1.39 bits per heavy atom. The van der Waals surface area contributed by atoms with E-state index in [9.17, 15) is 9.59 Å². The third kappa shape index (κ3) is 4.61. The maximum Gasteiger partial charge on any atom is 0.303 e. The van der Waals surface area contributed by atoms with Gasteiger partial charge in [-0.05, 0) is 31.4 Å². The van der Waals surface area contributed by atoms with Crippen LogP contribution >= 0.6 is 0 Å². The number of aryl methyl sites for hydroxylation is 1. The number of carbonyl (C=O) groups excluding carboxylic acids is 1. The second-order valence-electron chi connectivity index (χ2n) is 4.19. The zero-order valence-electron chi connectivity index (χ0n) is 10.7. The number of aromatic nitrogens is 1. The van der Waals surface area contributed by atoms with Crippen molar-refractivity contribution < 1.29 is 14.7 Å². The van der Waals surface area contributed by atoms with E-state index in [4.69, 9.17) is 5.11 Å². The normalized spacial score (nSPS) is 10.3. The van der Waals surface area contributed by atoms with Gasteiger partial charge in [0.15, 0.2) is 0 Å². The summed E-state index contributed by atoms with van der Waals surface area (Å²) in [5.74, 6) is -0.887. The number of hydrogen-bond donors (Lipinski definition) is 2. The Hall–Kier alpha value is -1.78. The van der Waals surface area contributed by atoms with Crippen molar-refractivity contribution in [2.24, 2.45) is 0 Å². The number of nitrogens with one attached hydrogen (secondary N) is 1. The van der Waals surface area contributed by atoms with Gasteiger partial charge >= 0.3 is 5.97 Å². The highest BCUT2D eigenvalue weighted by Gasteiger charge is 2.09. The van der Waals surface area contributed by atoms with Crippen LogP contribution in [0.25, 0.3) is 0 Å². The lowest BCUT2D eigenvalue weighted by Crippen LogP contribution is -2.26. The SMILES string of the molecule is CCCn1cccc1C(=O)NCCCCC(=O)O. The molecule has 0 aliphatic heterocycles. The molecule has 0 radical (unpaired) electrons. The molecule has 2 N–H and O–H groups in total. The first-order valence-electron chi connectivity index (χ1n) is 6.30. The number of unbranched alkanes of at least 4 members (excludes halogenated alkanes) is 1. The van der Waals surface area contributed by atoms with E-state index in [-0.39, 0.29) is 12.3 Å². The molecule has 0 aliphatic carbocycles. The molecule has 100 valence electrons. The Morgan fingerprint density at radius 3 is 2.83 bits per heavy atom. The molecule has 0 aliphatic rings. The van der Waals surface area contributed by atoms with E-state index in [1.54, 1.807) is 6.07 Å². The predicted molar refractivity (Wildman–Crippen MR) is 68.5 cm³/mol. The molecule has 1 rings (SSSR count). The van der Waals surface area contributed by atoms with Crippen molar-refractivity contribution >= 4 is 11.9 Å². The average Bonchev–Trinajstić information content (AvgIpc) is 2.77. The third-order valence-electron chi connectivity index (χ3n) is 2.63. The molecule has 1 aromatic rings. The summed E-state index contributed by atoms with van der Waals surface area (Å²) in [6.45, 7) is 3.41. The van der Waals surface area contributed by atoms with E-state index in [0.29, 0.717) is 25.1 Å². The number of carboxylic acid groups (broad SMARTS) is 1. The van der Waals surface area contributed by atoms with E-state index < -0.39 is 5.97 Å². The van der Waals surface area contributed by atoms with E-state index in [1.165, 1.54) is 0 Å². The lowest BCUT2D eigenvalue weighted by atomic mass is 10.2. The Bertz CT molecular complexity index is 399. The van der Waals surface area contributed by atoms with Crippen LogP contribution in [0.15, 0.2) is 18.3 Å². The summed E-state index contributed by atoms with van der Waals surface area (Å²) in [6.07, 6.45) is 4.30. The lowest BCUT2D eigenvalue weighted by molar-refractivity contribution is -0.137. The zero-order valence-corrected chi connectivity index (χ0v) is 10.7. The van der Waals surface area contributed by atoms with Crippen LogP contribution in [0.4, 0.5) is 0 Å². The van der Waals surface area contributed by atoms with Crippen molar-refractivity contribution in [2.75, 3.05) is 6.54 Å². The van der Waals surface area contributed by atoms with Crippen LogP contribution in [0.3, 0.4) is 0 Å². The van der Waals surface area contributed by atoms with Gasteiger partial charge in [0.05, 0.1) is 0 Å². The summed E-state index contributed by atoms with van der Waals surface area (Å²) in [6, 6.07) is 3.65. The first-order chi connectivity index (χ1) is 8.65. The quantitative estimate of drug-likeness (QED) is 0.694. The van der Waals surface area contributed by atoms with Crippen LogP contribution in [0, 0.1) is 0 Å². The summed E-state index contributed by atoms with van der Waals surface area (Å²) < 4.78 is 1.92. The van der Waals surface area contributed by atoms with Gasteiger partial charge in [-0.25, -0.2) is 0 Å². The molecule has 0 unspecified atom stereocenters. The molecule has 0 saturated carbocycles. The van der Waals surface area contributed by atoms with Crippen LogP contribution in [-0.4, -0.2) is 28.1 Å². The molecule has 0 bridgehead atoms. The molecule has 18 heavy (non-hydrogen) atoms. The first kappa shape index (κ1) is 14.3. The molecule has 1 heterocycles. The first-order valence-corrected chi connectivity index (χ1v) is 6.30. The molecule has 0 spiro atoms. The highest BCUT2D eigenvalue weighted by Crippen LogP contribution is 2.03. The van der Waals surface area contributed by atoms with Gasteiger partial charge in [0.1, 0.15) is 5.69 Å². The van der Waals surface area contributed by atoms with E-state index in [0.717, 1.165) is 13.0 Å². The minimum absolute atomic E-state index is 0.0937. The van der Waals surface area contributed by atoms with Gasteiger partial charge in [-0.1, -0.05) is 6.92 Å². The fraction of sp³-hybridized carbons (Fsp3) is 0.538. The van der Waals surface area contributed by atoms with Crippen molar-refractivity contribution in [3.05, 3.63) is 24.0 Å². The molecule has 5 nitrogen and oxygen atoms in total. The number of rotatable bonds is 8. The largest absolute Gasteiger partial charge is 0.481 e. The second kappa shape index (κ2) is 7.53. The Balaban J connectivity index is 2.31. The Kier molecular flexibility index (Phi) is 5.97. The van der Waals surface area contributed by atoms with Crippen LogP contribution in [0.2, 0.25) is 0 Å². The maximum absolute atomic E-state index is 11.9. The van der Waals surface area contributed by atoms with E-state index in [1.807, 2.05) is 16.8 Å². The van der Waals surface area contributed by atoms with Gasteiger partial charge in [0.25, 0.3) is 5.91 Å². The van der Waals surface area contributed by atoms with Crippen LogP contribution in [-0.2, 0) is 11.3 Å². The second-order valence-corrected chi connectivity index (χ2v) is 4.19. The van der Waals surface area contributed by atoms with E-state index >= 15 is 0 Å². The molecular formula is C13H20N2O3. The standard InChI is InChI=1S/C13H20N2O3/c1-2-9-15-10-5-6-11(15)13(18)14-8-4-3-7-12(16)17/h5-6,10H,2-4,7-9H2,1H3,(H,14,18)(H,16,17). The van der Waals surface area contributed by atoms with Gasteiger partial charge in [-0.2, -0.15) is 0 Å². The van der Waals surface area contributed by atoms with Crippen molar-refractivity contribution in [2.45, 2.75) is 39.2 Å². The molecule has 0 atom stereocenters. The van der Waals surface area contributed by atoms with E-state index in [2.05, 4.69) is 12.2 Å². The molecule has 0 fully saturated rings.